The van der Waals surface area contributed by atoms with E-state index in [2.05, 4.69) is 39.9 Å². The van der Waals surface area contributed by atoms with Gasteiger partial charge in [0.2, 0.25) is 0 Å². The van der Waals surface area contributed by atoms with Crippen LogP contribution in [0, 0.1) is 5.92 Å². The van der Waals surface area contributed by atoms with Crippen LogP contribution in [0.2, 0.25) is 0 Å². The van der Waals surface area contributed by atoms with Crippen molar-refractivity contribution in [1.29, 1.82) is 0 Å². The number of halogens is 1. The standard InChI is InChI=1S/C20H25N3O.HI/c1-21-20(22-13-16-7-8-16)23-14-17-9-11-18(12-10-17)15-24-19-5-3-2-4-6-19;/h2-6,9-12,16H,7-8,13-15H2,1H3,(H2,21,22,23);1H. The van der Waals surface area contributed by atoms with Crippen molar-refractivity contribution in [3.8, 4) is 5.75 Å². The highest BCUT2D eigenvalue weighted by Gasteiger charge is 2.20. The minimum Gasteiger partial charge on any atom is -0.489 e. The van der Waals surface area contributed by atoms with E-state index < -0.39 is 0 Å². The van der Waals surface area contributed by atoms with Gasteiger partial charge in [0, 0.05) is 20.1 Å². The zero-order chi connectivity index (χ0) is 16.6. The Kier molecular flexibility index (Phi) is 8.04. The Balaban J connectivity index is 0.00000225. The van der Waals surface area contributed by atoms with Crippen LogP contribution in [0.15, 0.2) is 59.6 Å². The van der Waals surface area contributed by atoms with Gasteiger partial charge in [-0.2, -0.15) is 0 Å². The molecular weight excluding hydrogens is 425 g/mol. The highest BCUT2D eigenvalue weighted by atomic mass is 127. The Bertz CT molecular complexity index is 654. The van der Waals surface area contributed by atoms with Crippen molar-refractivity contribution < 1.29 is 4.74 Å². The Labute approximate surface area is 167 Å². The molecule has 1 saturated carbocycles. The normalized spacial score (nSPS) is 13.7. The van der Waals surface area contributed by atoms with Gasteiger partial charge < -0.3 is 15.4 Å². The van der Waals surface area contributed by atoms with Gasteiger partial charge in [0.1, 0.15) is 12.4 Å². The topological polar surface area (TPSA) is 45.7 Å². The largest absolute Gasteiger partial charge is 0.489 e. The monoisotopic (exact) mass is 451 g/mol. The van der Waals surface area contributed by atoms with Crippen LogP contribution >= 0.6 is 24.0 Å². The van der Waals surface area contributed by atoms with Crippen LogP contribution in [-0.2, 0) is 13.2 Å². The van der Waals surface area contributed by atoms with E-state index in [1.807, 2.05) is 37.4 Å². The lowest BCUT2D eigenvalue weighted by molar-refractivity contribution is 0.306. The number of para-hydroxylation sites is 1. The first-order valence-corrected chi connectivity index (χ1v) is 8.53. The van der Waals surface area contributed by atoms with Gasteiger partial charge in [0.05, 0.1) is 0 Å². The van der Waals surface area contributed by atoms with Crippen molar-refractivity contribution in [2.24, 2.45) is 10.9 Å². The summed E-state index contributed by atoms with van der Waals surface area (Å²) in [6, 6.07) is 18.4. The fraction of sp³-hybridized carbons (Fsp3) is 0.350. The molecule has 2 aromatic carbocycles. The van der Waals surface area contributed by atoms with E-state index in [-0.39, 0.29) is 24.0 Å². The molecule has 2 aromatic rings. The fourth-order valence-electron chi connectivity index (χ4n) is 2.41. The molecule has 0 aromatic heterocycles. The number of guanidine groups is 1. The Morgan fingerprint density at radius 1 is 1.00 bits per heavy atom. The first-order valence-electron chi connectivity index (χ1n) is 8.53. The van der Waals surface area contributed by atoms with Crippen LogP contribution in [0.3, 0.4) is 0 Å². The van der Waals surface area contributed by atoms with Crippen LogP contribution in [0.25, 0.3) is 0 Å². The highest BCUT2D eigenvalue weighted by molar-refractivity contribution is 14.0. The maximum Gasteiger partial charge on any atom is 0.191 e. The number of ether oxygens (including phenoxy) is 1. The molecule has 5 heteroatoms. The average molecular weight is 451 g/mol. The first-order chi connectivity index (χ1) is 11.8. The van der Waals surface area contributed by atoms with Crippen LogP contribution in [0.5, 0.6) is 5.75 Å². The second-order valence-electron chi connectivity index (χ2n) is 6.17. The van der Waals surface area contributed by atoms with Gasteiger partial charge in [-0.3, -0.25) is 4.99 Å². The molecule has 0 heterocycles. The molecule has 1 aliphatic carbocycles. The van der Waals surface area contributed by atoms with E-state index in [1.165, 1.54) is 24.0 Å². The van der Waals surface area contributed by atoms with Gasteiger partial charge in [0.25, 0.3) is 0 Å². The number of aliphatic imine (C=N–C) groups is 1. The van der Waals surface area contributed by atoms with Crippen LogP contribution in [-0.4, -0.2) is 19.6 Å². The Morgan fingerprint density at radius 2 is 1.68 bits per heavy atom. The number of hydrogen-bond donors (Lipinski definition) is 2. The Hall–Kier alpha value is -1.76. The molecule has 0 bridgehead atoms. The van der Waals surface area contributed by atoms with Gasteiger partial charge in [0.15, 0.2) is 5.96 Å². The number of nitrogens with zero attached hydrogens (tertiary/aromatic N) is 1. The predicted molar refractivity (Wildman–Crippen MR) is 114 cm³/mol. The minimum atomic E-state index is 0. The van der Waals surface area contributed by atoms with Crippen molar-refractivity contribution >= 4 is 29.9 Å². The molecule has 0 unspecified atom stereocenters. The van der Waals surface area contributed by atoms with Gasteiger partial charge in [-0.15, -0.1) is 24.0 Å². The Morgan fingerprint density at radius 3 is 2.32 bits per heavy atom. The number of benzene rings is 2. The first kappa shape index (κ1) is 19.6. The summed E-state index contributed by atoms with van der Waals surface area (Å²) in [6.07, 6.45) is 2.69. The van der Waals surface area contributed by atoms with Gasteiger partial charge in [-0.1, -0.05) is 42.5 Å². The van der Waals surface area contributed by atoms with Gasteiger partial charge in [-0.05, 0) is 42.0 Å². The third kappa shape index (κ3) is 6.94. The molecule has 0 amide bonds. The van der Waals surface area contributed by atoms with Crippen LogP contribution in [0.4, 0.5) is 0 Å². The maximum atomic E-state index is 5.76. The second kappa shape index (κ2) is 10.3. The molecule has 1 fully saturated rings. The molecule has 0 saturated heterocycles. The van der Waals surface area contributed by atoms with Crippen molar-refractivity contribution in [2.45, 2.75) is 26.0 Å². The summed E-state index contributed by atoms with van der Waals surface area (Å²) in [4.78, 5) is 4.26. The van der Waals surface area contributed by atoms with E-state index in [1.54, 1.807) is 0 Å². The average Bonchev–Trinajstić information content (AvgIpc) is 3.46. The second-order valence-corrected chi connectivity index (χ2v) is 6.17. The summed E-state index contributed by atoms with van der Waals surface area (Å²) in [5, 5.41) is 6.72. The lowest BCUT2D eigenvalue weighted by Crippen LogP contribution is -2.37. The van der Waals surface area contributed by atoms with Crippen molar-refractivity contribution in [2.75, 3.05) is 13.6 Å². The summed E-state index contributed by atoms with van der Waals surface area (Å²) in [6.45, 7) is 2.38. The number of nitrogens with one attached hydrogen (secondary N) is 2. The van der Waals surface area contributed by atoms with Crippen LogP contribution < -0.4 is 15.4 Å². The molecule has 0 radical (unpaired) electrons. The van der Waals surface area contributed by atoms with E-state index in [0.29, 0.717) is 6.61 Å². The molecule has 2 N–H and O–H groups in total. The molecule has 0 aliphatic heterocycles. The van der Waals surface area contributed by atoms with Crippen molar-refractivity contribution in [3.63, 3.8) is 0 Å². The zero-order valence-corrected chi connectivity index (χ0v) is 16.9. The molecule has 134 valence electrons. The fourth-order valence-corrected chi connectivity index (χ4v) is 2.41. The summed E-state index contributed by atoms with van der Waals surface area (Å²) in [5.74, 6) is 2.61. The lowest BCUT2D eigenvalue weighted by Gasteiger charge is -2.12. The van der Waals surface area contributed by atoms with E-state index >= 15 is 0 Å². The van der Waals surface area contributed by atoms with E-state index in [0.717, 1.165) is 30.7 Å². The van der Waals surface area contributed by atoms with Crippen LogP contribution in [0.1, 0.15) is 24.0 Å². The minimum absolute atomic E-state index is 0. The number of rotatable bonds is 7. The SMILES string of the molecule is CN=C(NCc1ccc(COc2ccccc2)cc1)NCC1CC1.I. The molecule has 25 heavy (non-hydrogen) atoms. The third-order valence-electron chi connectivity index (χ3n) is 4.11. The van der Waals surface area contributed by atoms with Gasteiger partial charge >= 0.3 is 0 Å². The van der Waals surface area contributed by atoms with E-state index in [4.69, 9.17) is 4.74 Å². The summed E-state index contributed by atoms with van der Waals surface area (Å²) in [5.41, 5.74) is 2.40. The zero-order valence-electron chi connectivity index (χ0n) is 14.6. The molecule has 4 nitrogen and oxygen atoms in total. The molecule has 0 spiro atoms. The third-order valence-corrected chi connectivity index (χ3v) is 4.11. The molecule has 0 atom stereocenters. The predicted octanol–water partition coefficient (Wildman–Crippen LogP) is 3.96. The lowest BCUT2D eigenvalue weighted by atomic mass is 10.1. The maximum absolute atomic E-state index is 5.76. The smallest absolute Gasteiger partial charge is 0.191 e. The quantitative estimate of drug-likeness (QED) is 0.381. The summed E-state index contributed by atoms with van der Waals surface area (Å²) < 4.78 is 5.76. The van der Waals surface area contributed by atoms with Crippen molar-refractivity contribution in [3.05, 3.63) is 65.7 Å². The highest BCUT2D eigenvalue weighted by Crippen LogP contribution is 2.27. The van der Waals surface area contributed by atoms with Gasteiger partial charge in [-0.25, -0.2) is 0 Å². The van der Waals surface area contributed by atoms with E-state index in [9.17, 15) is 0 Å². The molecule has 3 rings (SSSR count). The summed E-state index contributed by atoms with van der Waals surface area (Å²) in [7, 11) is 1.81. The molecular formula is C20H26IN3O. The molecule has 1 aliphatic rings. The number of hydrogen-bond acceptors (Lipinski definition) is 2. The van der Waals surface area contributed by atoms with Crippen molar-refractivity contribution in [1.82, 2.24) is 10.6 Å². The summed E-state index contributed by atoms with van der Waals surface area (Å²) >= 11 is 0.